The van der Waals surface area contributed by atoms with E-state index in [2.05, 4.69) is 63.8 Å². The number of ether oxygens (including phenoxy) is 2. The van der Waals surface area contributed by atoms with Gasteiger partial charge in [0.05, 0.1) is 24.8 Å². The Morgan fingerprint density at radius 3 is 2.61 bits per heavy atom. The number of carbonyl (C=O) groups excluding carboxylic acids is 1. The van der Waals surface area contributed by atoms with Gasteiger partial charge in [0, 0.05) is 62.8 Å². The monoisotopic (exact) mass is 627 g/mol. The molecule has 14 nitrogen and oxygen atoms in total. The van der Waals surface area contributed by atoms with Crippen molar-refractivity contribution < 1.29 is 18.7 Å². The molecule has 3 aromatic rings. The van der Waals surface area contributed by atoms with Gasteiger partial charge in [-0.2, -0.15) is 15.4 Å². The summed E-state index contributed by atoms with van der Waals surface area (Å²) in [5.74, 6) is 1.06. The smallest absolute Gasteiger partial charge is 0.361 e. The summed E-state index contributed by atoms with van der Waals surface area (Å²) in [6, 6.07) is 15.5. The number of carbonyl (C=O) groups is 1. The number of aromatic nitrogens is 3. The number of urea groups is 1. The first-order valence-corrected chi connectivity index (χ1v) is 15.4. The molecular weight excluding hydrogens is 593 g/mol. The number of amides is 2. The van der Waals surface area contributed by atoms with Crippen LogP contribution in [0.15, 0.2) is 59.0 Å². The highest BCUT2D eigenvalue weighted by Gasteiger charge is 2.33. The standard InChI is InChI=1S/C31H34FN11O3/c32-25-15-41(16-28-37-31(44)40-39-28)8-7-27(25)46-26-6-1-20(13-21(26)14-33)29-34-19-35-30(38-29)36-22-2-4-23(5-3-22)42-9-11-43(12-10-42)24-17-45-18-24/h1-6,13,19,24-25,27-28H,7-12,15-18H2,(H,37,44)(H,34,35,36,38)/t25-,27+,28?/m1/s1. The first-order chi connectivity index (χ1) is 22.5. The lowest BCUT2D eigenvalue weighted by molar-refractivity contribution is -0.0660. The quantitative estimate of drug-likeness (QED) is 0.360. The SMILES string of the molecule is N#Cc1cc(-c2ncnc(Nc3ccc(N4CCN(C5COC5)CC4)cc3)n2)ccc1O[C@H]1CCN(CC2N=NC(=O)N2)C[C@H]1F. The molecule has 5 heterocycles. The topological polar surface area (TPSA) is 156 Å². The van der Waals surface area contributed by atoms with Gasteiger partial charge in [-0.1, -0.05) is 5.11 Å². The largest absolute Gasteiger partial charge is 0.486 e. The molecule has 3 atom stereocenters. The van der Waals surface area contributed by atoms with Gasteiger partial charge in [0.1, 0.15) is 30.4 Å². The van der Waals surface area contributed by atoms with Gasteiger partial charge in [-0.15, -0.1) is 0 Å². The van der Waals surface area contributed by atoms with E-state index >= 15 is 4.39 Å². The Labute approximate surface area is 265 Å². The molecule has 0 bridgehead atoms. The van der Waals surface area contributed by atoms with Crippen LogP contribution < -0.4 is 20.3 Å². The molecule has 4 aliphatic heterocycles. The second-order valence-corrected chi connectivity index (χ2v) is 11.7. The minimum atomic E-state index is -1.28. The predicted octanol–water partition coefficient (Wildman–Crippen LogP) is 2.97. The van der Waals surface area contributed by atoms with E-state index in [0.717, 1.165) is 45.1 Å². The van der Waals surface area contributed by atoms with Crippen LogP contribution in [0.4, 0.5) is 26.5 Å². The van der Waals surface area contributed by atoms with E-state index in [1.54, 1.807) is 18.2 Å². The lowest BCUT2D eigenvalue weighted by Gasteiger charge is -2.43. The van der Waals surface area contributed by atoms with Crippen molar-refractivity contribution in [3.63, 3.8) is 0 Å². The fourth-order valence-electron chi connectivity index (χ4n) is 6.08. The third-order valence-corrected chi connectivity index (χ3v) is 8.72. The van der Waals surface area contributed by atoms with E-state index < -0.39 is 24.5 Å². The van der Waals surface area contributed by atoms with Crippen molar-refractivity contribution in [2.75, 3.05) is 69.2 Å². The summed E-state index contributed by atoms with van der Waals surface area (Å²) in [4.78, 5) is 31.2. The molecule has 0 spiro atoms. The van der Waals surface area contributed by atoms with Crippen molar-refractivity contribution in [1.29, 1.82) is 5.26 Å². The van der Waals surface area contributed by atoms with Crippen molar-refractivity contribution in [2.24, 2.45) is 10.2 Å². The van der Waals surface area contributed by atoms with E-state index in [-0.39, 0.29) is 12.1 Å². The van der Waals surface area contributed by atoms with Gasteiger partial charge < -0.3 is 25.0 Å². The van der Waals surface area contributed by atoms with Crippen molar-refractivity contribution >= 4 is 23.4 Å². The molecule has 2 aromatic carbocycles. The molecule has 0 saturated carbocycles. The molecule has 2 N–H and O–H groups in total. The second-order valence-electron chi connectivity index (χ2n) is 11.7. The molecule has 1 aromatic heterocycles. The average molecular weight is 628 g/mol. The van der Waals surface area contributed by atoms with Crippen LogP contribution in [0.5, 0.6) is 5.75 Å². The molecule has 3 saturated heterocycles. The zero-order chi connectivity index (χ0) is 31.5. The number of benzene rings is 2. The van der Waals surface area contributed by atoms with Crippen LogP contribution in [0.3, 0.4) is 0 Å². The Bertz CT molecular complexity index is 1620. The number of piperidine rings is 1. The van der Waals surface area contributed by atoms with Crippen LogP contribution >= 0.6 is 0 Å². The summed E-state index contributed by atoms with van der Waals surface area (Å²) in [5.41, 5.74) is 2.89. The summed E-state index contributed by atoms with van der Waals surface area (Å²) >= 11 is 0. The van der Waals surface area contributed by atoms with E-state index in [1.807, 2.05) is 17.0 Å². The van der Waals surface area contributed by atoms with Crippen LogP contribution in [-0.4, -0.2) is 114 Å². The molecule has 7 rings (SSSR count). The molecule has 4 aliphatic rings. The van der Waals surface area contributed by atoms with Crippen LogP contribution in [0, 0.1) is 11.3 Å². The van der Waals surface area contributed by atoms with Gasteiger partial charge in [0.15, 0.2) is 12.0 Å². The van der Waals surface area contributed by atoms with Gasteiger partial charge in [-0.3, -0.25) is 9.80 Å². The highest BCUT2D eigenvalue weighted by Crippen LogP contribution is 2.29. The Balaban J connectivity index is 0.951. The number of nitrogens with one attached hydrogen (secondary N) is 2. The van der Waals surface area contributed by atoms with Crippen molar-refractivity contribution in [1.82, 2.24) is 30.1 Å². The number of likely N-dealkylation sites (tertiary alicyclic amines) is 1. The molecule has 3 fully saturated rings. The van der Waals surface area contributed by atoms with Crippen molar-refractivity contribution in [2.45, 2.75) is 30.9 Å². The van der Waals surface area contributed by atoms with Gasteiger partial charge in [0.2, 0.25) is 5.95 Å². The first-order valence-electron chi connectivity index (χ1n) is 15.4. The maximum absolute atomic E-state index is 15.1. The molecule has 0 aliphatic carbocycles. The number of nitrogens with zero attached hydrogens (tertiary/aromatic N) is 9. The zero-order valence-electron chi connectivity index (χ0n) is 25.1. The third-order valence-electron chi connectivity index (χ3n) is 8.72. The van der Waals surface area contributed by atoms with Crippen LogP contribution in [0.25, 0.3) is 11.4 Å². The number of halogens is 1. The Kier molecular flexibility index (Phi) is 8.64. The number of alkyl halides is 1. The number of anilines is 3. The molecule has 1 unspecified atom stereocenters. The summed E-state index contributed by atoms with van der Waals surface area (Å²) in [6.45, 7) is 6.80. The van der Waals surface area contributed by atoms with Gasteiger partial charge in [0.25, 0.3) is 0 Å². The average Bonchev–Trinajstić information content (AvgIpc) is 3.46. The number of piperazine rings is 1. The van der Waals surface area contributed by atoms with Crippen molar-refractivity contribution in [3.05, 3.63) is 54.4 Å². The summed E-state index contributed by atoms with van der Waals surface area (Å²) in [6.07, 6.45) is -0.617. The molecule has 0 radical (unpaired) electrons. The normalized spacial score (nSPS) is 23.9. The molecule has 238 valence electrons. The number of hydrogen-bond acceptors (Lipinski definition) is 12. The van der Waals surface area contributed by atoms with E-state index in [0.29, 0.717) is 48.6 Å². The molecule has 15 heteroatoms. The number of azo groups is 1. The maximum Gasteiger partial charge on any atom is 0.361 e. The van der Waals surface area contributed by atoms with Crippen molar-refractivity contribution in [3.8, 4) is 23.2 Å². The van der Waals surface area contributed by atoms with E-state index in [1.165, 1.54) is 12.0 Å². The summed E-state index contributed by atoms with van der Waals surface area (Å²) in [5, 5.41) is 23.0. The van der Waals surface area contributed by atoms with Crippen LogP contribution in [0.1, 0.15) is 12.0 Å². The highest BCUT2D eigenvalue weighted by atomic mass is 19.1. The van der Waals surface area contributed by atoms with Gasteiger partial charge in [-0.25, -0.2) is 19.2 Å². The minimum Gasteiger partial charge on any atom is -0.486 e. The molecular formula is C31H34FN11O3. The second kappa shape index (κ2) is 13.3. The van der Waals surface area contributed by atoms with E-state index in [4.69, 9.17) is 9.47 Å². The fourth-order valence-corrected chi connectivity index (χ4v) is 6.08. The highest BCUT2D eigenvalue weighted by molar-refractivity contribution is 5.75. The number of rotatable bonds is 9. The minimum absolute atomic E-state index is 0.128. The maximum atomic E-state index is 15.1. The summed E-state index contributed by atoms with van der Waals surface area (Å²) in [7, 11) is 0. The van der Waals surface area contributed by atoms with Gasteiger partial charge >= 0.3 is 6.03 Å². The Morgan fingerprint density at radius 2 is 1.91 bits per heavy atom. The van der Waals surface area contributed by atoms with E-state index in [9.17, 15) is 10.1 Å². The third kappa shape index (κ3) is 6.74. The lowest BCUT2D eigenvalue weighted by atomic mass is 10.0. The number of hydrogen-bond donors (Lipinski definition) is 2. The predicted molar refractivity (Wildman–Crippen MR) is 166 cm³/mol. The van der Waals surface area contributed by atoms with Crippen LogP contribution in [0.2, 0.25) is 0 Å². The van der Waals surface area contributed by atoms with Crippen LogP contribution in [-0.2, 0) is 4.74 Å². The zero-order valence-corrected chi connectivity index (χ0v) is 25.1. The first kappa shape index (κ1) is 29.9. The fraction of sp³-hybridized carbons (Fsp3) is 0.452. The molecule has 2 amide bonds. The number of nitriles is 1. The Hall–Kier alpha value is -4.78. The summed E-state index contributed by atoms with van der Waals surface area (Å²) < 4.78 is 26.4. The Morgan fingerprint density at radius 1 is 1.09 bits per heavy atom. The lowest BCUT2D eigenvalue weighted by Crippen LogP contribution is -2.56. The molecule has 46 heavy (non-hydrogen) atoms. The van der Waals surface area contributed by atoms with Gasteiger partial charge in [-0.05, 0) is 48.9 Å².